The van der Waals surface area contributed by atoms with E-state index in [2.05, 4.69) is 15.7 Å². The molecule has 5 N–H and O–H groups in total. The van der Waals surface area contributed by atoms with Gasteiger partial charge in [0.2, 0.25) is 0 Å². The van der Waals surface area contributed by atoms with Gasteiger partial charge in [0.05, 0.1) is 0 Å². The number of amides is 1. The molecule has 1 fully saturated rings. The van der Waals surface area contributed by atoms with Crippen molar-refractivity contribution in [3.8, 4) is 0 Å². The minimum absolute atomic E-state index is 0.0309. The number of anilines is 1. The van der Waals surface area contributed by atoms with E-state index < -0.39 is 18.3 Å². The van der Waals surface area contributed by atoms with Gasteiger partial charge >= 0.3 is 12.3 Å². The Morgan fingerprint density at radius 2 is 2.26 bits per heavy atom. The molecule has 0 aromatic carbocycles. The van der Waals surface area contributed by atoms with Crippen LogP contribution in [0.2, 0.25) is 0 Å². The summed E-state index contributed by atoms with van der Waals surface area (Å²) in [5, 5.41) is 10.8. The summed E-state index contributed by atoms with van der Waals surface area (Å²) in [7, 11) is 0. The molecule has 1 aromatic heterocycles. The number of halogens is 3. The van der Waals surface area contributed by atoms with Crippen LogP contribution in [-0.2, 0) is 0 Å². The number of pyridine rings is 1. The fourth-order valence-corrected chi connectivity index (χ4v) is 2.75. The fourth-order valence-electron chi connectivity index (χ4n) is 2.75. The first-order chi connectivity index (χ1) is 10.8. The lowest BCUT2D eigenvalue weighted by molar-refractivity contribution is -0.184. The number of rotatable bonds is 5. The lowest BCUT2D eigenvalue weighted by Crippen LogP contribution is -2.38. The van der Waals surface area contributed by atoms with Gasteiger partial charge in [-0.3, -0.25) is 4.90 Å². The summed E-state index contributed by atoms with van der Waals surface area (Å²) in [6.07, 6.45) is -3.97. The van der Waals surface area contributed by atoms with E-state index in [9.17, 15) is 18.0 Å². The van der Waals surface area contributed by atoms with Crippen molar-refractivity contribution in [2.45, 2.75) is 18.6 Å². The summed E-state index contributed by atoms with van der Waals surface area (Å²) in [6, 6.07) is 0.952. The summed E-state index contributed by atoms with van der Waals surface area (Å²) in [5.74, 6) is 5.29. The molecule has 2 rings (SSSR count). The van der Waals surface area contributed by atoms with E-state index in [0.29, 0.717) is 6.42 Å². The van der Waals surface area contributed by atoms with Crippen molar-refractivity contribution >= 4 is 11.9 Å². The standard InChI is InChI=1S/C13H18F3N5O2/c14-13(15,16)11(9-1-2-10(20-17)18-6-9)21-4-3-8(7-21)5-19-12(22)23/h1-2,6,8,11,19H,3-5,7,17H2,(H,18,20)(H,22,23)/t8?,11-/m1/s1. The van der Waals surface area contributed by atoms with E-state index >= 15 is 0 Å². The molecular weight excluding hydrogens is 315 g/mol. The van der Waals surface area contributed by atoms with Crippen LogP contribution in [0.1, 0.15) is 18.0 Å². The third-order valence-corrected chi connectivity index (χ3v) is 3.78. The van der Waals surface area contributed by atoms with Gasteiger partial charge in [0.25, 0.3) is 0 Å². The molecule has 1 aliphatic rings. The largest absolute Gasteiger partial charge is 0.465 e. The monoisotopic (exact) mass is 333 g/mol. The molecule has 1 aromatic rings. The number of aromatic nitrogens is 1. The van der Waals surface area contributed by atoms with Gasteiger partial charge in [0.15, 0.2) is 0 Å². The molecule has 1 amide bonds. The number of nitrogens with one attached hydrogen (secondary N) is 2. The van der Waals surface area contributed by atoms with E-state index in [4.69, 9.17) is 10.9 Å². The highest BCUT2D eigenvalue weighted by atomic mass is 19.4. The predicted octanol–water partition coefficient (Wildman–Crippen LogP) is 1.56. The van der Waals surface area contributed by atoms with Crippen LogP contribution >= 0.6 is 0 Å². The number of alkyl halides is 3. The number of nitrogens with two attached hydrogens (primary N) is 1. The molecule has 7 nitrogen and oxygen atoms in total. The first kappa shape index (κ1) is 17.3. The molecule has 0 aliphatic carbocycles. The zero-order valence-corrected chi connectivity index (χ0v) is 12.2. The number of likely N-dealkylation sites (tertiary alicyclic amines) is 1. The summed E-state index contributed by atoms with van der Waals surface area (Å²) in [4.78, 5) is 15.6. The minimum atomic E-state index is -4.45. The zero-order valence-electron chi connectivity index (χ0n) is 12.2. The van der Waals surface area contributed by atoms with Crippen LogP contribution in [0, 0.1) is 5.92 Å². The molecule has 2 atom stereocenters. The van der Waals surface area contributed by atoms with E-state index in [1.165, 1.54) is 17.0 Å². The maximum atomic E-state index is 13.5. The highest BCUT2D eigenvalue weighted by Crippen LogP contribution is 2.40. The van der Waals surface area contributed by atoms with Gasteiger partial charge in [-0.1, -0.05) is 6.07 Å². The number of nitrogen functional groups attached to an aromatic ring is 1. The Morgan fingerprint density at radius 1 is 1.52 bits per heavy atom. The molecule has 0 bridgehead atoms. The van der Waals surface area contributed by atoms with E-state index in [1.54, 1.807) is 0 Å². The molecule has 1 aliphatic heterocycles. The Balaban J connectivity index is 2.12. The lowest BCUT2D eigenvalue weighted by atomic mass is 10.1. The second-order valence-corrected chi connectivity index (χ2v) is 5.40. The van der Waals surface area contributed by atoms with Crippen molar-refractivity contribution in [3.63, 3.8) is 0 Å². The van der Waals surface area contributed by atoms with Gasteiger partial charge < -0.3 is 15.8 Å². The summed E-state index contributed by atoms with van der Waals surface area (Å²) in [6.45, 7) is 0.555. The van der Waals surface area contributed by atoms with Crippen LogP contribution < -0.4 is 16.6 Å². The van der Waals surface area contributed by atoms with Gasteiger partial charge in [-0.15, -0.1) is 0 Å². The average Bonchev–Trinajstić information content (AvgIpc) is 2.93. The minimum Gasteiger partial charge on any atom is -0.465 e. The molecule has 2 heterocycles. The Morgan fingerprint density at radius 3 is 2.78 bits per heavy atom. The van der Waals surface area contributed by atoms with Gasteiger partial charge in [0.1, 0.15) is 11.9 Å². The zero-order chi connectivity index (χ0) is 17.0. The lowest BCUT2D eigenvalue weighted by Gasteiger charge is -2.30. The first-order valence-electron chi connectivity index (χ1n) is 7.01. The third-order valence-electron chi connectivity index (χ3n) is 3.78. The number of nitrogens with zero attached hydrogens (tertiary/aromatic N) is 2. The Hall–Kier alpha value is -2.07. The Bertz CT molecular complexity index is 537. The van der Waals surface area contributed by atoms with Crippen LogP contribution in [0.25, 0.3) is 0 Å². The second kappa shape index (κ2) is 7.01. The normalized spacial score (nSPS) is 20.3. The van der Waals surface area contributed by atoms with Crippen LogP contribution in [0.15, 0.2) is 18.3 Å². The molecule has 128 valence electrons. The summed E-state index contributed by atoms with van der Waals surface area (Å²) in [5.41, 5.74) is 2.30. The van der Waals surface area contributed by atoms with Crippen LogP contribution in [-0.4, -0.2) is 46.9 Å². The predicted molar refractivity (Wildman–Crippen MR) is 76.6 cm³/mol. The molecular formula is C13H18F3N5O2. The SMILES string of the molecule is NNc1ccc([C@@H](N2CCC(CNC(=O)O)C2)C(F)(F)F)cn1. The Kier molecular flexibility index (Phi) is 5.26. The Labute approximate surface area is 130 Å². The smallest absolute Gasteiger partial charge is 0.408 e. The van der Waals surface area contributed by atoms with Crippen molar-refractivity contribution < 1.29 is 23.1 Å². The number of carbonyl (C=O) groups is 1. The van der Waals surface area contributed by atoms with Crippen molar-refractivity contribution in [1.82, 2.24) is 15.2 Å². The number of hydrazine groups is 1. The van der Waals surface area contributed by atoms with Crippen molar-refractivity contribution in [3.05, 3.63) is 23.9 Å². The van der Waals surface area contributed by atoms with E-state index in [0.717, 1.165) is 6.20 Å². The molecule has 0 spiro atoms. The topological polar surface area (TPSA) is 104 Å². The van der Waals surface area contributed by atoms with Crippen molar-refractivity contribution in [2.24, 2.45) is 11.8 Å². The van der Waals surface area contributed by atoms with E-state index in [1.807, 2.05) is 0 Å². The highest BCUT2D eigenvalue weighted by Gasteiger charge is 2.46. The molecule has 0 radical (unpaired) electrons. The number of hydrogen-bond donors (Lipinski definition) is 4. The molecule has 1 saturated heterocycles. The van der Waals surface area contributed by atoms with Gasteiger partial charge in [-0.2, -0.15) is 13.2 Å². The number of hydrogen-bond acceptors (Lipinski definition) is 5. The maximum Gasteiger partial charge on any atom is 0.408 e. The molecule has 0 saturated carbocycles. The maximum absolute atomic E-state index is 13.5. The first-order valence-corrected chi connectivity index (χ1v) is 7.01. The molecule has 23 heavy (non-hydrogen) atoms. The fraction of sp³-hybridized carbons (Fsp3) is 0.538. The van der Waals surface area contributed by atoms with Crippen molar-refractivity contribution in [2.75, 3.05) is 25.1 Å². The quantitative estimate of drug-likeness (QED) is 0.482. The van der Waals surface area contributed by atoms with Crippen LogP contribution in [0.3, 0.4) is 0 Å². The molecule has 10 heteroatoms. The summed E-state index contributed by atoms with van der Waals surface area (Å²) >= 11 is 0. The number of carboxylic acid groups (broad SMARTS) is 1. The van der Waals surface area contributed by atoms with Crippen molar-refractivity contribution in [1.29, 1.82) is 0 Å². The van der Waals surface area contributed by atoms with Crippen LogP contribution in [0.4, 0.5) is 23.8 Å². The van der Waals surface area contributed by atoms with E-state index in [-0.39, 0.29) is 36.9 Å². The van der Waals surface area contributed by atoms with Gasteiger partial charge in [0, 0.05) is 19.3 Å². The third kappa shape index (κ3) is 4.45. The summed E-state index contributed by atoms with van der Waals surface area (Å²) < 4.78 is 40.4. The average molecular weight is 333 g/mol. The van der Waals surface area contributed by atoms with Gasteiger partial charge in [-0.05, 0) is 30.5 Å². The highest BCUT2D eigenvalue weighted by molar-refractivity contribution is 5.64. The second-order valence-electron chi connectivity index (χ2n) is 5.40. The van der Waals surface area contributed by atoms with Crippen LogP contribution in [0.5, 0.6) is 0 Å². The molecule has 1 unspecified atom stereocenters. The van der Waals surface area contributed by atoms with Gasteiger partial charge in [-0.25, -0.2) is 15.6 Å².